The molecule has 0 bridgehead atoms. The number of urea groups is 1. The number of ether oxygens (including phenoxy) is 1. The van der Waals surface area contributed by atoms with Gasteiger partial charge in [-0.15, -0.1) is 11.3 Å². The highest BCUT2D eigenvalue weighted by Crippen LogP contribution is 2.34. The number of aromatic nitrogens is 1. The van der Waals surface area contributed by atoms with Crippen molar-refractivity contribution in [1.29, 1.82) is 0 Å². The fourth-order valence-corrected chi connectivity index (χ4v) is 4.89. The minimum Gasteiger partial charge on any atom is -0.497 e. The molecule has 9 heteroatoms. The Morgan fingerprint density at radius 3 is 2.67 bits per heavy atom. The summed E-state index contributed by atoms with van der Waals surface area (Å²) in [6.45, 7) is 3.18. The van der Waals surface area contributed by atoms with Crippen LogP contribution in [0.5, 0.6) is 5.75 Å². The number of rotatable bonds is 5. The van der Waals surface area contributed by atoms with Gasteiger partial charge in [0.15, 0.2) is 0 Å². The van der Waals surface area contributed by atoms with Crippen molar-refractivity contribution >= 4 is 23.1 Å². The van der Waals surface area contributed by atoms with Crippen LogP contribution < -0.4 is 10.1 Å². The molecule has 1 aromatic heterocycles. The second-order valence-electron chi connectivity index (χ2n) is 7.98. The highest BCUT2D eigenvalue weighted by atomic mass is 32.1. The first-order valence-corrected chi connectivity index (χ1v) is 11.1. The molecule has 4 rings (SSSR count). The van der Waals surface area contributed by atoms with Crippen LogP contribution in [0, 0.1) is 0 Å². The minimum absolute atomic E-state index is 0.172. The third kappa shape index (κ3) is 4.75. The van der Waals surface area contributed by atoms with Crippen LogP contribution in [0.25, 0.3) is 0 Å². The number of benzene rings is 1. The van der Waals surface area contributed by atoms with Crippen molar-refractivity contribution in [1.82, 2.24) is 14.8 Å². The molecule has 0 spiro atoms. The first-order chi connectivity index (χ1) is 14.4. The number of β-amino-alcohol motifs (C(OH)–C–C–N with tert-alkyl or cyclic N) is 1. The van der Waals surface area contributed by atoms with E-state index in [1.807, 2.05) is 5.38 Å². The van der Waals surface area contributed by atoms with Crippen molar-refractivity contribution in [2.24, 2.45) is 0 Å². The van der Waals surface area contributed by atoms with Crippen LogP contribution in [0.4, 0.5) is 10.5 Å². The molecule has 0 saturated carbocycles. The molecule has 1 aromatic carbocycles. The summed E-state index contributed by atoms with van der Waals surface area (Å²) in [6.07, 6.45) is 1.46. The fourth-order valence-electron chi connectivity index (χ4n) is 3.96. The molecule has 2 amide bonds. The summed E-state index contributed by atoms with van der Waals surface area (Å²) in [7, 11) is 1.60. The molecule has 8 nitrogen and oxygen atoms in total. The Morgan fingerprint density at radius 2 is 2.03 bits per heavy atom. The van der Waals surface area contributed by atoms with Crippen LogP contribution in [0.2, 0.25) is 0 Å². The lowest BCUT2D eigenvalue weighted by atomic mass is 9.89. The molecule has 0 aliphatic carbocycles. The number of piperidine rings is 1. The Morgan fingerprint density at radius 1 is 1.30 bits per heavy atom. The Kier molecular flexibility index (Phi) is 6.24. The maximum Gasteiger partial charge on any atom is 0.321 e. The Balaban J connectivity index is 1.31. The van der Waals surface area contributed by atoms with E-state index in [9.17, 15) is 15.0 Å². The number of aliphatic hydroxyl groups excluding tert-OH is 1. The minimum atomic E-state index is -1.00. The maximum absolute atomic E-state index is 12.6. The molecular formula is C21H28N4O4S. The van der Waals surface area contributed by atoms with Gasteiger partial charge in [0.25, 0.3) is 0 Å². The van der Waals surface area contributed by atoms with E-state index in [1.165, 1.54) is 0 Å². The van der Waals surface area contributed by atoms with Gasteiger partial charge in [-0.3, -0.25) is 4.90 Å². The molecule has 2 aromatic rings. The van der Waals surface area contributed by atoms with Gasteiger partial charge in [0.05, 0.1) is 25.5 Å². The molecular weight excluding hydrogens is 404 g/mol. The zero-order chi connectivity index (χ0) is 21.1. The third-order valence-corrected chi connectivity index (χ3v) is 6.69. The molecule has 0 radical (unpaired) electrons. The van der Waals surface area contributed by atoms with Gasteiger partial charge in [-0.2, -0.15) is 0 Å². The van der Waals surface area contributed by atoms with Gasteiger partial charge in [0.1, 0.15) is 16.4 Å². The lowest BCUT2D eigenvalue weighted by Crippen LogP contribution is -2.46. The summed E-state index contributed by atoms with van der Waals surface area (Å²) in [5.41, 5.74) is 0.395. The third-order valence-electron chi connectivity index (χ3n) is 5.85. The van der Waals surface area contributed by atoms with Crippen LogP contribution in [0.15, 0.2) is 29.6 Å². The summed E-state index contributed by atoms with van der Waals surface area (Å²) < 4.78 is 5.13. The molecule has 3 heterocycles. The van der Waals surface area contributed by atoms with Gasteiger partial charge in [0, 0.05) is 37.2 Å². The van der Waals surface area contributed by atoms with Crippen LogP contribution in [0.3, 0.4) is 0 Å². The molecule has 2 aliphatic heterocycles. The van der Waals surface area contributed by atoms with Gasteiger partial charge in [-0.1, -0.05) is 0 Å². The van der Waals surface area contributed by atoms with E-state index in [-0.39, 0.29) is 12.1 Å². The summed E-state index contributed by atoms with van der Waals surface area (Å²) in [6, 6.07) is 7.02. The van der Waals surface area contributed by atoms with E-state index in [0.717, 1.165) is 23.7 Å². The van der Waals surface area contributed by atoms with E-state index in [2.05, 4.69) is 15.2 Å². The average Bonchev–Trinajstić information content (AvgIpc) is 3.39. The van der Waals surface area contributed by atoms with Crippen molar-refractivity contribution < 1.29 is 19.7 Å². The van der Waals surface area contributed by atoms with Gasteiger partial charge in [0.2, 0.25) is 0 Å². The number of aliphatic hydroxyl groups is 2. The van der Waals surface area contributed by atoms with Crippen molar-refractivity contribution in [2.45, 2.75) is 37.5 Å². The number of nitrogens with one attached hydrogen (secondary N) is 1. The topological polar surface area (TPSA) is 98.2 Å². The number of nitrogens with zero attached hydrogens (tertiary/aromatic N) is 3. The van der Waals surface area contributed by atoms with Crippen molar-refractivity contribution in [3.8, 4) is 5.75 Å². The fraction of sp³-hybridized carbons (Fsp3) is 0.524. The molecule has 162 valence electrons. The number of hydrogen-bond donors (Lipinski definition) is 3. The molecule has 2 saturated heterocycles. The second kappa shape index (κ2) is 8.89. The van der Waals surface area contributed by atoms with Crippen molar-refractivity contribution in [3.63, 3.8) is 0 Å². The van der Waals surface area contributed by atoms with E-state index < -0.39 is 5.60 Å². The number of anilines is 1. The highest BCUT2D eigenvalue weighted by molar-refractivity contribution is 7.09. The first-order valence-electron chi connectivity index (χ1n) is 10.2. The van der Waals surface area contributed by atoms with E-state index >= 15 is 0 Å². The quantitative estimate of drug-likeness (QED) is 0.670. The predicted octanol–water partition coefficient (Wildman–Crippen LogP) is 2.23. The van der Waals surface area contributed by atoms with E-state index in [0.29, 0.717) is 50.4 Å². The zero-order valence-electron chi connectivity index (χ0n) is 17.1. The number of carbonyl (C=O) groups excluding carboxylic acids is 1. The number of likely N-dealkylation sites (tertiary alicyclic amines) is 2. The second-order valence-corrected chi connectivity index (χ2v) is 8.92. The van der Waals surface area contributed by atoms with Crippen molar-refractivity contribution in [2.75, 3.05) is 38.6 Å². The number of amides is 2. The Bertz CT molecular complexity index is 864. The Labute approximate surface area is 180 Å². The number of thiazole rings is 1. The summed E-state index contributed by atoms with van der Waals surface area (Å²) in [5, 5.41) is 26.6. The standard InChI is InChI=1S/C21H28N4O4S/c1-29-17-4-2-15(3-5-17)22-20(27)25-10-7-21(28,8-11-25)18-14-30-19(23-18)13-24-9-6-16(26)12-24/h2-5,14,16,26,28H,6-13H2,1H3,(H,22,27)/t16-/m1/s1. The lowest BCUT2D eigenvalue weighted by Gasteiger charge is -2.37. The maximum atomic E-state index is 12.6. The summed E-state index contributed by atoms with van der Waals surface area (Å²) >= 11 is 1.54. The van der Waals surface area contributed by atoms with Crippen LogP contribution in [0.1, 0.15) is 30.0 Å². The van der Waals surface area contributed by atoms with Crippen molar-refractivity contribution in [3.05, 3.63) is 40.3 Å². The van der Waals surface area contributed by atoms with Gasteiger partial charge in [-0.25, -0.2) is 9.78 Å². The monoisotopic (exact) mass is 432 g/mol. The summed E-state index contributed by atoms with van der Waals surface area (Å²) in [4.78, 5) is 21.1. The predicted molar refractivity (Wildman–Crippen MR) is 115 cm³/mol. The highest BCUT2D eigenvalue weighted by Gasteiger charge is 2.37. The smallest absolute Gasteiger partial charge is 0.321 e. The number of carbonyl (C=O) groups is 1. The van der Waals surface area contributed by atoms with E-state index in [4.69, 9.17) is 4.74 Å². The van der Waals surface area contributed by atoms with Gasteiger partial charge >= 0.3 is 6.03 Å². The SMILES string of the molecule is COc1ccc(NC(=O)N2CCC(O)(c3csc(CN4CC[C@@H](O)C4)n3)CC2)cc1. The number of hydrogen-bond acceptors (Lipinski definition) is 7. The molecule has 2 fully saturated rings. The largest absolute Gasteiger partial charge is 0.497 e. The first kappa shape index (κ1) is 21.0. The number of methoxy groups -OCH3 is 1. The summed E-state index contributed by atoms with van der Waals surface area (Å²) in [5.74, 6) is 0.736. The van der Waals surface area contributed by atoms with Gasteiger partial charge in [-0.05, 0) is 43.5 Å². The van der Waals surface area contributed by atoms with Gasteiger partial charge < -0.3 is 25.2 Å². The molecule has 0 unspecified atom stereocenters. The Hall–Kier alpha value is -2.20. The molecule has 3 N–H and O–H groups in total. The van der Waals surface area contributed by atoms with Crippen LogP contribution >= 0.6 is 11.3 Å². The van der Waals surface area contributed by atoms with Crippen LogP contribution in [-0.2, 0) is 12.1 Å². The zero-order valence-corrected chi connectivity index (χ0v) is 17.9. The normalized spacial score (nSPS) is 21.6. The average molecular weight is 433 g/mol. The van der Waals surface area contributed by atoms with E-state index in [1.54, 1.807) is 47.6 Å². The molecule has 2 aliphatic rings. The van der Waals surface area contributed by atoms with Crippen LogP contribution in [-0.4, -0.2) is 70.4 Å². The lowest BCUT2D eigenvalue weighted by molar-refractivity contribution is -0.0189. The molecule has 1 atom stereocenters. The molecule has 30 heavy (non-hydrogen) atoms.